The van der Waals surface area contributed by atoms with Crippen LogP contribution >= 0.6 is 0 Å². The number of nitrogens with zero attached hydrogens (tertiary/aromatic N) is 5. The van der Waals surface area contributed by atoms with Gasteiger partial charge in [-0.3, -0.25) is 18.8 Å². The highest BCUT2D eigenvalue weighted by Gasteiger charge is 2.39. The Morgan fingerprint density at radius 1 is 1.12 bits per heavy atom. The van der Waals surface area contributed by atoms with E-state index in [1.165, 1.54) is 0 Å². The number of nitrogens with one attached hydrogen (secondary N) is 1. The van der Waals surface area contributed by atoms with Gasteiger partial charge < -0.3 is 19.9 Å². The molecule has 42 heavy (non-hydrogen) atoms. The smallest absolute Gasteiger partial charge is 0.274 e. The van der Waals surface area contributed by atoms with Gasteiger partial charge in [-0.1, -0.05) is 44.2 Å². The molecule has 0 radical (unpaired) electrons. The van der Waals surface area contributed by atoms with Crippen LogP contribution in [0.25, 0.3) is 5.78 Å². The quantitative estimate of drug-likeness (QED) is 0.376. The van der Waals surface area contributed by atoms with Gasteiger partial charge in [0.2, 0.25) is 17.6 Å². The topological polar surface area (TPSA) is 109 Å². The van der Waals surface area contributed by atoms with Crippen molar-refractivity contribution in [2.24, 2.45) is 11.8 Å². The van der Waals surface area contributed by atoms with E-state index in [0.717, 1.165) is 31.2 Å². The first kappa shape index (κ1) is 29.7. The highest BCUT2D eigenvalue weighted by Crippen LogP contribution is 2.26. The van der Waals surface area contributed by atoms with Gasteiger partial charge >= 0.3 is 0 Å². The molecule has 1 aromatic carbocycles. The minimum absolute atomic E-state index is 0.0294. The largest absolute Gasteiger partial charge is 0.381 e. The normalized spacial score (nSPS) is 19.0. The van der Waals surface area contributed by atoms with E-state index in [-0.39, 0.29) is 35.6 Å². The van der Waals surface area contributed by atoms with Crippen molar-refractivity contribution in [3.63, 3.8) is 0 Å². The van der Waals surface area contributed by atoms with Crippen molar-refractivity contribution in [2.45, 2.75) is 64.5 Å². The number of ether oxygens (including phenoxy) is 1. The number of fused-ring (bicyclic) bond motifs is 1. The van der Waals surface area contributed by atoms with Crippen LogP contribution in [0.3, 0.4) is 0 Å². The minimum Gasteiger partial charge on any atom is -0.381 e. The summed E-state index contributed by atoms with van der Waals surface area (Å²) in [4.78, 5) is 53.5. The molecule has 0 unspecified atom stereocenters. The summed E-state index contributed by atoms with van der Waals surface area (Å²) in [5.41, 5.74) is 1.47. The Balaban J connectivity index is 1.36. The fourth-order valence-electron chi connectivity index (χ4n) is 5.94. The first-order valence-electron chi connectivity index (χ1n) is 15.3. The SMILES string of the molecule is CC[C@@H](C)C(=O)N[C@H](C(=O)N1CCC[C@H]1CN(CCc1ccccc1)C(=O)c1cn2cccnc2n1)C1CCOCC1. The Labute approximate surface area is 247 Å². The maximum Gasteiger partial charge on any atom is 0.274 e. The molecule has 0 aliphatic carbocycles. The van der Waals surface area contributed by atoms with Gasteiger partial charge in [0.1, 0.15) is 11.7 Å². The third kappa shape index (κ3) is 6.98. The highest BCUT2D eigenvalue weighted by atomic mass is 16.5. The van der Waals surface area contributed by atoms with Crippen LogP contribution in [0.1, 0.15) is 62.0 Å². The second kappa shape index (κ2) is 13.9. The maximum absolute atomic E-state index is 14.2. The fraction of sp³-hybridized carbons (Fsp3) is 0.531. The van der Waals surface area contributed by atoms with Gasteiger partial charge in [0.05, 0.1) is 0 Å². The lowest BCUT2D eigenvalue weighted by Gasteiger charge is -2.36. The standard InChI is InChI=1S/C32H42N6O4/c1-3-23(2)29(39)35-28(25-13-19-42-20-14-25)31(41)38-17-7-11-26(38)21-36(18-12-24-9-5-4-6-10-24)30(40)27-22-37-16-8-15-33-32(37)34-27/h4-6,8-10,15-16,22-23,25-26,28H,3,7,11-14,17-21H2,1-2H3,(H,35,39)/t23-,26+,28+/m1/s1. The molecule has 0 spiro atoms. The summed E-state index contributed by atoms with van der Waals surface area (Å²) in [6.07, 6.45) is 9.71. The van der Waals surface area contributed by atoms with Crippen LogP contribution < -0.4 is 5.32 Å². The lowest BCUT2D eigenvalue weighted by molar-refractivity contribution is -0.140. The molecule has 2 saturated heterocycles. The minimum atomic E-state index is -0.589. The van der Waals surface area contributed by atoms with Crippen LogP contribution in [0.2, 0.25) is 0 Å². The van der Waals surface area contributed by atoms with Crippen molar-refractivity contribution in [3.05, 3.63) is 66.2 Å². The van der Waals surface area contributed by atoms with Crippen LogP contribution in [-0.4, -0.2) is 86.8 Å². The molecule has 2 aliphatic rings. The molecule has 10 nitrogen and oxygen atoms in total. The van der Waals surface area contributed by atoms with Crippen LogP contribution in [-0.2, 0) is 20.7 Å². The van der Waals surface area contributed by atoms with Gasteiger partial charge in [0, 0.05) is 63.4 Å². The number of amides is 3. The Bertz CT molecular complexity index is 1320. The molecule has 1 N–H and O–H groups in total. The molecule has 3 aromatic rings. The number of carbonyl (C=O) groups is 3. The van der Waals surface area contributed by atoms with Crippen LogP contribution in [0.4, 0.5) is 0 Å². The molecule has 4 heterocycles. The third-order valence-electron chi connectivity index (χ3n) is 8.71. The number of benzene rings is 1. The number of imidazole rings is 1. The molecule has 2 aliphatic heterocycles. The zero-order chi connectivity index (χ0) is 29.5. The Morgan fingerprint density at radius 2 is 1.90 bits per heavy atom. The third-order valence-corrected chi connectivity index (χ3v) is 8.71. The molecule has 5 rings (SSSR count). The number of hydrogen-bond acceptors (Lipinski definition) is 6. The zero-order valence-corrected chi connectivity index (χ0v) is 24.7. The van der Waals surface area contributed by atoms with E-state index in [2.05, 4.69) is 27.4 Å². The molecule has 3 atom stereocenters. The molecular weight excluding hydrogens is 532 g/mol. The summed E-state index contributed by atoms with van der Waals surface area (Å²) >= 11 is 0. The first-order valence-corrected chi connectivity index (χ1v) is 15.3. The van der Waals surface area contributed by atoms with Crippen LogP contribution in [0.15, 0.2) is 55.0 Å². The maximum atomic E-state index is 14.2. The fourth-order valence-corrected chi connectivity index (χ4v) is 5.94. The summed E-state index contributed by atoms with van der Waals surface area (Å²) in [5, 5.41) is 3.11. The second-order valence-electron chi connectivity index (χ2n) is 11.5. The molecule has 224 valence electrons. The Hall–Kier alpha value is -3.79. The van der Waals surface area contributed by atoms with Crippen LogP contribution in [0, 0.1) is 11.8 Å². The highest BCUT2D eigenvalue weighted by molar-refractivity contribution is 5.93. The van der Waals surface area contributed by atoms with E-state index < -0.39 is 6.04 Å². The van der Waals surface area contributed by atoms with E-state index in [9.17, 15) is 14.4 Å². The number of carbonyl (C=O) groups excluding carboxylic acids is 3. The van der Waals surface area contributed by atoms with Crippen molar-refractivity contribution in [3.8, 4) is 0 Å². The van der Waals surface area contributed by atoms with E-state index in [4.69, 9.17) is 4.74 Å². The lowest BCUT2D eigenvalue weighted by atomic mass is 9.90. The van der Waals surface area contributed by atoms with Gasteiger partial charge in [-0.05, 0) is 56.1 Å². The molecule has 0 saturated carbocycles. The monoisotopic (exact) mass is 574 g/mol. The summed E-state index contributed by atoms with van der Waals surface area (Å²) in [5.74, 6) is 0.0219. The van der Waals surface area contributed by atoms with Crippen molar-refractivity contribution in [1.29, 1.82) is 0 Å². The van der Waals surface area contributed by atoms with Crippen LogP contribution in [0.5, 0.6) is 0 Å². The van der Waals surface area contributed by atoms with E-state index in [0.29, 0.717) is 57.2 Å². The van der Waals surface area contributed by atoms with Crippen molar-refractivity contribution in [1.82, 2.24) is 29.5 Å². The molecule has 10 heteroatoms. The number of rotatable bonds is 11. The predicted octanol–water partition coefficient (Wildman–Crippen LogP) is 3.36. The summed E-state index contributed by atoms with van der Waals surface area (Å²) in [6, 6.07) is 11.2. The van der Waals surface area contributed by atoms with Crippen molar-refractivity contribution in [2.75, 3.05) is 32.8 Å². The Morgan fingerprint density at radius 3 is 2.64 bits per heavy atom. The molecule has 2 fully saturated rings. The summed E-state index contributed by atoms with van der Waals surface area (Å²) < 4.78 is 7.30. The molecular formula is C32H42N6O4. The lowest BCUT2D eigenvalue weighted by Crippen LogP contribution is -2.56. The second-order valence-corrected chi connectivity index (χ2v) is 11.5. The molecule has 2 aromatic heterocycles. The number of hydrogen-bond donors (Lipinski definition) is 1. The first-order chi connectivity index (χ1) is 20.4. The zero-order valence-electron chi connectivity index (χ0n) is 24.7. The van der Waals surface area contributed by atoms with E-state index >= 15 is 0 Å². The summed E-state index contributed by atoms with van der Waals surface area (Å²) in [7, 11) is 0. The predicted molar refractivity (Wildman–Crippen MR) is 159 cm³/mol. The molecule has 3 amide bonds. The Kier molecular flexibility index (Phi) is 9.84. The van der Waals surface area contributed by atoms with Gasteiger partial charge in [-0.15, -0.1) is 0 Å². The number of likely N-dealkylation sites (tertiary alicyclic amines) is 1. The van der Waals surface area contributed by atoms with Gasteiger partial charge in [0.25, 0.3) is 5.91 Å². The van der Waals surface area contributed by atoms with Gasteiger partial charge in [0.15, 0.2) is 0 Å². The van der Waals surface area contributed by atoms with Crippen molar-refractivity contribution >= 4 is 23.5 Å². The average molecular weight is 575 g/mol. The van der Waals surface area contributed by atoms with E-state index in [1.54, 1.807) is 22.9 Å². The van der Waals surface area contributed by atoms with Crippen molar-refractivity contribution < 1.29 is 19.1 Å². The number of aromatic nitrogens is 3. The van der Waals surface area contributed by atoms with E-state index in [1.807, 2.05) is 48.0 Å². The average Bonchev–Trinajstić information content (AvgIpc) is 3.69. The van der Waals surface area contributed by atoms with Gasteiger partial charge in [-0.2, -0.15) is 0 Å². The molecule has 0 bridgehead atoms. The summed E-state index contributed by atoms with van der Waals surface area (Å²) in [6.45, 7) is 6.56. The van der Waals surface area contributed by atoms with Gasteiger partial charge in [-0.25, -0.2) is 9.97 Å².